The first-order valence-electron chi connectivity index (χ1n) is 6.11. The standard InChI is InChI=1S/C14H15N3O/c1-2-9-7-11(15)8-12-13(9)17-14(16-12)10-3-5-18-6-4-10/h1,7-8,10H,3-6,15H2,(H,16,17). The van der Waals surface area contributed by atoms with Crippen molar-refractivity contribution in [1.82, 2.24) is 9.97 Å². The van der Waals surface area contributed by atoms with Gasteiger partial charge in [0.2, 0.25) is 0 Å². The van der Waals surface area contributed by atoms with Crippen LogP contribution in [-0.2, 0) is 4.74 Å². The van der Waals surface area contributed by atoms with Crippen molar-refractivity contribution in [3.8, 4) is 12.3 Å². The average molecular weight is 241 g/mol. The summed E-state index contributed by atoms with van der Waals surface area (Å²) < 4.78 is 5.37. The molecule has 4 nitrogen and oxygen atoms in total. The summed E-state index contributed by atoms with van der Waals surface area (Å²) in [4.78, 5) is 7.97. The summed E-state index contributed by atoms with van der Waals surface area (Å²) in [7, 11) is 0. The number of fused-ring (bicyclic) bond motifs is 1. The number of ether oxygens (including phenoxy) is 1. The molecule has 1 aromatic heterocycles. The highest BCUT2D eigenvalue weighted by Gasteiger charge is 2.19. The molecule has 0 amide bonds. The summed E-state index contributed by atoms with van der Waals surface area (Å²) in [6.45, 7) is 1.59. The van der Waals surface area contributed by atoms with E-state index in [2.05, 4.69) is 15.9 Å². The Hall–Kier alpha value is -1.99. The SMILES string of the molecule is C#Cc1cc(N)cc2nc(C3CCOCC3)[nH]c12. The van der Waals surface area contributed by atoms with Crippen molar-refractivity contribution in [2.45, 2.75) is 18.8 Å². The van der Waals surface area contributed by atoms with E-state index >= 15 is 0 Å². The molecule has 0 atom stereocenters. The Morgan fingerprint density at radius 2 is 2.17 bits per heavy atom. The molecular formula is C14H15N3O. The number of hydrogen-bond acceptors (Lipinski definition) is 3. The quantitative estimate of drug-likeness (QED) is 0.593. The van der Waals surface area contributed by atoms with Crippen LogP contribution in [0.4, 0.5) is 5.69 Å². The van der Waals surface area contributed by atoms with E-state index < -0.39 is 0 Å². The second kappa shape index (κ2) is 4.35. The van der Waals surface area contributed by atoms with Crippen LogP contribution < -0.4 is 5.73 Å². The molecule has 0 spiro atoms. The van der Waals surface area contributed by atoms with Gasteiger partial charge in [-0.2, -0.15) is 0 Å². The van der Waals surface area contributed by atoms with Gasteiger partial charge in [-0.15, -0.1) is 6.42 Å². The van der Waals surface area contributed by atoms with Crippen molar-refractivity contribution >= 4 is 16.7 Å². The second-order valence-corrected chi connectivity index (χ2v) is 4.62. The normalized spacial score (nSPS) is 16.8. The number of aromatic nitrogens is 2. The second-order valence-electron chi connectivity index (χ2n) is 4.62. The maximum absolute atomic E-state index is 5.82. The fraction of sp³-hybridized carbons (Fsp3) is 0.357. The highest BCUT2D eigenvalue weighted by molar-refractivity contribution is 5.85. The highest BCUT2D eigenvalue weighted by Crippen LogP contribution is 2.28. The molecular weight excluding hydrogens is 226 g/mol. The number of H-pyrrole nitrogens is 1. The fourth-order valence-corrected chi connectivity index (χ4v) is 2.43. The lowest BCUT2D eigenvalue weighted by Crippen LogP contribution is -2.15. The molecule has 2 heterocycles. The van der Waals surface area contributed by atoms with Crippen molar-refractivity contribution < 1.29 is 4.74 Å². The molecule has 0 aliphatic carbocycles. The third kappa shape index (κ3) is 1.83. The van der Waals surface area contributed by atoms with Gasteiger partial charge < -0.3 is 15.5 Å². The molecule has 1 aliphatic heterocycles. The van der Waals surface area contributed by atoms with Gasteiger partial charge >= 0.3 is 0 Å². The number of nitrogens with one attached hydrogen (secondary N) is 1. The first kappa shape index (κ1) is 11.1. The van der Waals surface area contributed by atoms with Gasteiger partial charge in [0.15, 0.2) is 0 Å². The van der Waals surface area contributed by atoms with Crippen LogP contribution in [0.1, 0.15) is 30.1 Å². The molecule has 4 heteroatoms. The van der Waals surface area contributed by atoms with Crippen LogP contribution in [0.5, 0.6) is 0 Å². The zero-order valence-electron chi connectivity index (χ0n) is 10.1. The summed E-state index contributed by atoms with van der Waals surface area (Å²) in [5, 5.41) is 0. The summed E-state index contributed by atoms with van der Waals surface area (Å²) >= 11 is 0. The number of nitrogen functional groups attached to an aromatic ring is 1. The Morgan fingerprint density at radius 3 is 2.89 bits per heavy atom. The zero-order valence-corrected chi connectivity index (χ0v) is 10.1. The van der Waals surface area contributed by atoms with Crippen molar-refractivity contribution in [1.29, 1.82) is 0 Å². The van der Waals surface area contributed by atoms with E-state index in [0.717, 1.165) is 48.5 Å². The van der Waals surface area contributed by atoms with Gasteiger partial charge in [0.05, 0.1) is 16.6 Å². The lowest BCUT2D eigenvalue weighted by atomic mass is 10.00. The van der Waals surface area contributed by atoms with Gasteiger partial charge in [-0.1, -0.05) is 5.92 Å². The van der Waals surface area contributed by atoms with Crippen molar-refractivity contribution in [2.75, 3.05) is 18.9 Å². The van der Waals surface area contributed by atoms with E-state index in [4.69, 9.17) is 16.9 Å². The van der Waals surface area contributed by atoms with Gasteiger partial charge in [0.1, 0.15) is 5.82 Å². The maximum Gasteiger partial charge on any atom is 0.110 e. The molecule has 0 unspecified atom stereocenters. The van der Waals surface area contributed by atoms with E-state index in [-0.39, 0.29) is 0 Å². The topological polar surface area (TPSA) is 63.9 Å². The number of imidazole rings is 1. The van der Waals surface area contributed by atoms with Crippen molar-refractivity contribution in [3.05, 3.63) is 23.5 Å². The van der Waals surface area contributed by atoms with Crippen molar-refractivity contribution in [2.24, 2.45) is 0 Å². The smallest absolute Gasteiger partial charge is 0.110 e. The molecule has 0 radical (unpaired) electrons. The first-order chi connectivity index (χ1) is 8.78. The number of hydrogen-bond donors (Lipinski definition) is 2. The molecule has 3 rings (SSSR count). The molecule has 3 N–H and O–H groups in total. The number of aromatic amines is 1. The molecule has 0 saturated carbocycles. The van der Waals surface area contributed by atoms with Crippen LogP contribution in [0.3, 0.4) is 0 Å². The van der Waals surface area contributed by atoms with Crippen LogP contribution in [-0.4, -0.2) is 23.2 Å². The molecule has 18 heavy (non-hydrogen) atoms. The number of nitrogens with zero attached hydrogens (tertiary/aromatic N) is 1. The first-order valence-corrected chi connectivity index (χ1v) is 6.11. The maximum atomic E-state index is 5.82. The minimum Gasteiger partial charge on any atom is -0.399 e. The van der Waals surface area contributed by atoms with E-state index in [9.17, 15) is 0 Å². The molecule has 2 aromatic rings. The number of nitrogens with two attached hydrogens (primary N) is 1. The van der Waals surface area contributed by atoms with Gasteiger partial charge in [-0.05, 0) is 25.0 Å². The summed E-state index contributed by atoms with van der Waals surface area (Å²) in [5.41, 5.74) is 9.01. The minimum absolute atomic E-state index is 0.429. The summed E-state index contributed by atoms with van der Waals surface area (Å²) in [6.07, 6.45) is 7.50. The predicted octanol–water partition coefficient (Wildman–Crippen LogP) is 2.02. The predicted molar refractivity (Wildman–Crippen MR) is 71.2 cm³/mol. The monoisotopic (exact) mass is 241 g/mol. The number of rotatable bonds is 1. The van der Waals surface area contributed by atoms with Gasteiger partial charge in [-0.25, -0.2) is 4.98 Å². The molecule has 0 bridgehead atoms. The summed E-state index contributed by atoms with van der Waals surface area (Å²) in [5.74, 6) is 4.08. The number of anilines is 1. The van der Waals surface area contributed by atoms with Crippen LogP contribution in [0, 0.1) is 12.3 Å². The third-order valence-corrected chi connectivity index (χ3v) is 3.40. The van der Waals surface area contributed by atoms with Crippen LogP contribution in [0.15, 0.2) is 12.1 Å². The minimum atomic E-state index is 0.429. The van der Waals surface area contributed by atoms with Crippen molar-refractivity contribution in [3.63, 3.8) is 0 Å². The van der Waals surface area contributed by atoms with E-state index in [0.29, 0.717) is 11.6 Å². The zero-order chi connectivity index (χ0) is 12.5. The Labute approximate surface area is 106 Å². The summed E-state index contributed by atoms with van der Waals surface area (Å²) in [6, 6.07) is 3.66. The number of terminal acetylenes is 1. The van der Waals surface area contributed by atoms with Gasteiger partial charge in [0, 0.05) is 24.8 Å². The lowest BCUT2D eigenvalue weighted by Gasteiger charge is -2.19. The Bertz CT molecular complexity index is 618. The van der Waals surface area contributed by atoms with Gasteiger partial charge in [-0.3, -0.25) is 0 Å². The average Bonchev–Trinajstić information content (AvgIpc) is 2.82. The number of benzene rings is 1. The molecule has 1 aliphatic rings. The van der Waals surface area contributed by atoms with Gasteiger partial charge in [0.25, 0.3) is 0 Å². The lowest BCUT2D eigenvalue weighted by molar-refractivity contribution is 0.0838. The Kier molecular flexibility index (Phi) is 2.69. The van der Waals surface area contributed by atoms with E-state index in [1.807, 2.05) is 6.07 Å². The third-order valence-electron chi connectivity index (χ3n) is 3.40. The molecule has 1 saturated heterocycles. The Balaban J connectivity index is 2.07. The molecule has 92 valence electrons. The fourth-order valence-electron chi connectivity index (χ4n) is 2.43. The van der Waals surface area contributed by atoms with E-state index in [1.165, 1.54) is 0 Å². The highest BCUT2D eigenvalue weighted by atomic mass is 16.5. The molecule has 1 fully saturated rings. The van der Waals surface area contributed by atoms with Crippen LogP contribution in [0.25, 0.3) is 11.0 Å². The van der Waals surface area contributed by atoms with E-state index in [1.54, 1.807) is 6.07 Å². The molecule has 1 aromatic carbocycles. The van der Waals surface area contributed by atoms with Crippen LogP contribution >= 0.6 is 0 Å². The largest absolute Gasteiger partial charge is 0.399 e. The Morgan fingerprint density at radius 1 is 1.39 bits per heavy atom. The van der Waals surface area contributed by atoms with Crippen LogP contribution in [0.2, 0.25) is 0 Å².